The van der Waals surface area contributed by atoms with Crippen molar-refractivity contribution in [1.82, 2.24) is 5.32 Å². The average Bonchev–Trinajstić information content (AvgIpc) is 2.59. The van der Waals surface area contributed by atoms with Crippen LogP contribution in [0.3, 0.4) is 0 Å². The van der Waals surface area contributed by atoms with Crippen LogP contribution in [-0.4, -0.2) is 26.2 Å². The lowest BCUT2D eigenvalue weighted by molar-refractivity contribution is 0.0953. The Kier molecular flexibility index (Phi) is 6.48. The second-order valence-corrected chi connectivity index (χ2v) is 5.17. The van der Waals surface area contributed by atoms with Crippen molar-refractivity contribution >= 4 is 5.91 Å². The molecule has 2 aromatic rings. The SMILES string of the molecule is CCOc1ccc(C(=O)NCCCc2cccc(OC)c2)cc1. The molecule has 2 rings (SSSR count). The highest BCUT2D eigenvalue weighted by atomic mass is 16.5. The average molecular weight is 313 g/mol. The van der Waals surface area contributed by atoms with Gasteiger partial charge in [0.15, 0.2) is 0 Å². The van der Waals surface area contributed by atoms with Gasteiger partial charge in [-0.25, -0.2) is 0 Å². The standard InChI is InChI=1S/C19H23NO3/c1-3-23-17-11-9-16(10-12-17)19(21)20-13-5-7-15-6-4-8-18(14-15)22-2/h4,6,8-12,14H,3,5,7,13H2,1-2H3,(H,20,21). The number of rotatable bonds is 8. The molecule has 0 bridgehead atoms. The molecule has 23 heavy (non-hydrogen) atoms. The van der Waals surface area contributed by atoms with E-state index in [2.05, 4.69) is 11.4 Å². The molecule has 122 valence electrons. The highest BCUT2D eigenvalue weighted by molar-refractivity contribution is 5.94. The van der Waals surface area contributed by atoms with Crippen molar-refractivity contribution in [2.75, 3.05) is 20.3 Å². The van der Waals surface area contributed by atoms with Gasteiger partial charge in [0, 0.05) is 12.1 Å². The first-order chi connectivity index (χ1) is 11.2. The quantitative estimate of drug-likeness (QED) is 0.759. The van der Waals surface area contributed by atoms with E-state index in [4.69, 9.17) is 9.47 Å². The van der Waals surface area contributed by atoms with E-state index in [1.807, 2.05) is 37.3 Å². The monoisotopic (exact) mass is 313 g/mol. The van der Waals surface area contributed by atoms with Gasteiger partial charge in [-0.2, -0.15) is 0 Å². The lowest BCUT2D eigenvalue weighted by Crippen LogP contribution is -2.24. The largest absolute Gasteiger partial charge is 0.497 e. The van der Waals surface area contributed by atoms with Gasteiger partial charge >= 0.3 is 0 Å². The summed E-state index contributed by atoms with van der Waals surface area (Å²) in [6.07, 6.45) is 1.79. The Morgan fingerprint density at radius 1 is 1.09 bits per heavy atom. The van der Waals surface area contributed by atoms with E-state index in [0.29, 0.717) is 18.7 Å². The molecule has 0 radical (unpaired) electrons. The zero-order valence-corrected chi connectivity index (χ0v) is 13.7. The van der Waals surface area contributed by atoms with Crippen LogP contribution in [0, 0.1) is 0 Å². The fraction of sp³-hybridized carbons (Fsp3) is 0.316. The van der Waals surface area contributed by atoms with Crippen molar-refractivity contribution in [1.29, 1.82) is 0 Å². The van der Waals surface area contributed by atoms with Crippen molar-refractivity contribution < 1.29 is 14.3 Å². The third-order valence-corrected chi connectivity index (χ3v) is 3.49. The predicted molar refractivity (Wildman–Crippen MR) is 91.3 cm³/mol. The maximum absolute atomic E-state index is 12.1. The lowest BCUT2D eigenvalue weighted by atomic mass is 10.1. The van der Waals surface area contributed by atoms with E-state index in [1.165, 1.54) is 5.56 Å². The molecule has 0 spiro atoms. The molecule has 2 aromatic carbocycles. The van der Waals surface area contributed by atoms with E-state index in [1.54, 1.807) is 19.2 Å². The van der Waals surface area contributed by atoms with Crippen LogP contribution in [0.1, 0.15) is 29.3 Å². The Bertz CT molecular complexity index is 623. The molecule has 0 aliphatic heterocycles. The first-order valence-electron chi connectivity index (χ1n) is 7.87. The van der Waals surface area contributed by atoms with Gasteiger partial charge in [0.05, 0.1) is 13.7 Å². The van der Waals surface area contributed by atoms with Crippen LogP contribution in [0.15, 0.2) is 48.5 Å². The molecule has 0 heterocycles. The zero-order valence-electron chi connectivity index (χ0n) is 13.7. The van der Waals surface area contributed by atoms with Crippen LogP contribution in [0.5, 0.6) is 11.5 Å². The Morgan fingerprint density at radius 3 is 2.57 bits per heavy atom. The molecule has 4 nitrogen and oxygen atoms in total. The van der Waals surface area contributed by atoms with Crippen molar-refractivity contribution in [3.63, 3.8) is 0 Å². The summed E-state index contributed by atoms with van der Waals surface area (Å²) in [5.41, 5.74) is 1.86. The number of methoxy groups -OCH3 is 1. The molecule has 0 saturated heterocycles. The van der Waals surface area contributed by atoms with E-state index in [0.717, 1.165) is 24.3 Å². The van der Waals surface area contributed by atoms with Crippen molar-refractivity contribution in [3.05, 3.63) is 59.7 Å². The summed E-state index contributed by atoms with van der Waals surface area (Å²) in [5.74, 6) is 1.58. The zero-order chi connectivity index (χ0) is 16.5. The minimum absolute atomic E-state index is 0.0568. The number of nitrogens with one attached hydrogen (secondary N) is 1. The number of hydrogen-bond acceptors (Lipinski definition) is 3. The van der Waals surface area contributed by atoms with Gasteiger partial charge in [0.25, 0.3) is 5.91 Å². The van der Waals surface area contributed by atoms with E-state index >= 15 is 0 Å². The lowest BCUT2D eigenvalue weighted by Gasteiger charge is -2.07. The van der Waals surface area contributed by atoms with Gasteiger partial charge in [-0.15, -0.1) is 0 Å². The van der Waals surface area contributed by atoms with Gasteiger partial charge in [-0.3, -0.25) is 4.79 Å². The van der Waals surface area contributed by atoms with Gasteiger partial charge in [-0.05, 0) is 61.7 Å². The van der Waals surface area contributed by atoms with Crippen LogP contribution < -0.4 is 14.8 Å². The highest BCUT2D eigenvalue weighted by Gasteiger charge is 2.05. The number of aryl methyl sites for hydroxylation is 1. The topological polar surface area (TPSA) is 47.6 Å². The molecule has 0 aliphatic carbocycles. The fourth-order valence-electron chi connectivity index (χ4n) is 2.29. The smallest absolute Gasteiger partial charge is 0.251 e. The molecule has 4 heteroatoms. The minimum Gasteiger partial charge on any atom is -0.497 e. The first kappa shape index (κ1) is 16.9. The number of ether oxygens (including phenoxy) is 2. The number of hydrogen-bond donors (Lipinski definition) is 1. The summed E-state index contributed by atoms with van der Waals surface area (Å²) in [5, 5.41) is 2.94. The van der Waals surface area contributed by atoms with Crippen LogP contribution >= 0.6 is 0 Å². The normalized spacial score (nSPS) is 10.2. The second kappa shape index (κ2) is 8.83. The predicted octanol–water partition coefficient (Wildman–Crippen LogP) is 3.46. The van der Waals surface area contributed by atoms with Crippen LogP contribution in [-0.2, 0) is 6.42 Å². The van der Waals surface area contributed by atoms with Gasteiger partial charge in [-0.1, -0.05) is 12.1 Å². The summed E-state index contributed by atoms with van der Waals surface area (Å²) in [6, 6.07) is 15.2. The maximum Gasteiger partial charge on any atom is 0.251 e. The van der Waals surface area contributed by atoms with Gasteiger partial charge < -0.3 is 14.8 Å². The molecule has 0 aromatic heterocycles. The first-order valence-corrected chi connectivity index (χ1v) is 7.87. The summed E-state index contributed by atoms with van der Waals surface area (Å²) >= 11 is 0. The van der Waals surface area contributed by atoms with Crippen molar-refractivity contribution in [2.45, 2.75) is 19.8 Å². The molecule has 0 saturated carbocycles. The molecule has 1 N–H and O–H groups in total. The van der Waals surface area contributed by atoms with Crippen molar-refractivity contribution in [3.8, 4) is 11.5 Å². The highest BCUT2D eigenvalue weighted by Crippen LogP contribution is 2.14. The number of benzene rings is 2. The number of carbonyl (C=O) groups is 1. The van der Waals surface area contributed by atoms with Crippen molar-refractivity contribution in [2.24, 2.45) is 0 Å². The Labute approximate surface area is 137 Å². The summed E-state index contributed by atoms with van der Waals surface area (Å²) in [6.45, 7) is 3.20. The third-order valence-electron chi connectivity index (χ3n) is 3.49. The van der Waals surface area contributed by atoms with E-state index in [9.17, 15) is 4.79 Å². The molecular formula is C19H23NO3. The van der Waals surface area contributed by atoms with Crippen LogP contribution in [0.25, 0.3) is 0 Å². The molecule has 1 amide bonds. The fourth-order valence-corrected chi connectivity index (χ4v) is 2.29. The van der Waals surface area contributed by atoms with Gasteiger partial charge in [0.2, 0.25) is 0 Å². The Morgan fingerprint density at radius 2 is 1.87 bits per heavy atom. The van der Waals surface area contributed by atoms with Gasteiger partial charge in [0.1, 0.15) is 11.5 Å². The molecule has 0 unspecified atom stereocenters. The molecule has 0 fully saturated rings. The summed E-state index contributed by atoms with van der Waals surface area (Å²) < 4.78 is 10.6. The maximum atomic E-state index is 12.1. The Hall–Kier alpha value is -2.49. The molecule has 0 atom stereocenters. The van der Waals surface area contributed by atoms with Crippen LogP contribution in [0.2, 0.25) is 0 Å². The summed E-state index contributed by atoms with van der Waals surface area (Å²) in [4.78, 5) is 12.1. The summed E-state index contributed by atoms with van der Waals surface area (Å²) in [7, 11) is 1.66. The third kappa shape index (κ3) is 5.33. The number of amides is 1. The van der Waals surface area contributed by atoms with E-state index in [-0.39, 0.29) is 5.91 Å². The minimum atomic E-state index is -0.0568. The Balaban J connectivity index is 1.75. The second-order valence-electron chi connectivity index (χ2n) is 5.17. The molecule has 0 aliphatic rings. The number of carbonyl (C=O) groups excluding carboxylic acids is 1. The van der Waals surface area contributed by atoms with Crippen LogP contribution in [0.4, 0.5) is 0 Å². The molecular weight excluding hydrogens is 290 g/mol. The van der Waals surface area contributed by atoms with E-state index < -0.39 is 0 Å².